The molecule has 0 saturated carbocycles. The largest absolute Gasteiger partial charge is 0.497 e. The van der Waals surface area contributed by atoms with Crippen molar-refractivity contribution in [3.05, 3.63) is 23.8 Å². The van der Waals surface area contributed by atoms with Crippen LogP contribution in [0.2, 0.25) is 0 Å². The van der Waals surface area contributed by atoms with Crippen LogP contribution in [-0.4, -0.2) is 25.4 Å². The Morgan fingerprint density at radius 2 is 1.50 bits per heavy atom. The predicted molar refractivity (Wildman–Crippen MR) is 74.6 cm³/mol. The fourth-order valence-corrected chi connectivity index (χ4v) is 1.63. The summed E-state index contributed by atoms with van der Waals surface area (Å²) < 4.78 is 10.3. The summed E-state index contributed by atoms with van der Waals surface area (Å²) in [5.74, 6) is 1.44. The molecule has 0 radical (unpaired) electrons. The molecule has 1 aromatic carbocycles. The van der Waals surface area contributed by atoms with E-state index in [9.17, 15) is 5.11 Å². The molecule has 0 unspecified atom stereocenters. The van der Waals surface area contributed by atoms with Crippen molar-refractivity contribution in [3.8, 4) is 11.5 Å². The van der Waals surface area contributed by atoms with Gasteiger partial charge in [-0.25, -0.2) is 0 Å². The van der Waals surface area contributed by atoms with Crippen LogP contribution in [0.1, 0.15) is 25.5 Å². The predicted octanol–water partition coefficient (Wildman–Crippen LogP) is 2.14. The van der Waals surface area contributed by atoms with E-state index in [1.807, 2.05) is 26.0 Å². The van der Waals surface area contributed by atoms with Gasteiger partial charge in [-0.1, -0.05) is 13.8 Å². The van der Waals surface area contributed by atoms with Crippen molar-refractivity contribution in [2.75, 3.05) is 14.2 Å². The zero-order chi connectivity index (χ0) is 13.0. The van der Waals surface area contributed by atoms with E-state index < -0.39 is 12.1 Å². The van der Waals surface area contributed by atoms with Crippen LogP contribution in [-0.2, 0) is 0 Å². The van der Waals surface area contributed by atoms with E-state index in [0.717, 1.165) is 5.56 Å². The van der Waals surface area contributed by atoms with E-state index in [-0.39, 0.29) is 18.3 Å². The molecule has 0 saturated heterocycles. The van der Waals surface area contributed by atoms with Crippen molar-refractivity contribution in [2.24, 2.45) is 11.7 Å². The number of aliphatic hydroxyl groups is 1. The highest BCUT2D eigenvalue weighted by atomic mass is 35.5. The maximum Gasteiger partial charge on any atom is 0.122 e. The highest BCUT2D eigenvalue weighted by Gasteiger charge is 2.21. The van der Waals surface area contributed by atoms with Crippen molar-refractivity contribution in [3.63, 3.8) is 0 Å². The van der Waals surface area contributed by atoms with E-state index in [1.54, 1.807) is 20.3 Å². The molecular weight excluding hydrogens is 254 g/mol. The fraction of sp³-hybridized carbons (Fsp3) is 0.538. The van der Waals surface area contributed by atoms with Gasteiger partial charge in [-0.2, -0.15) is 0 Å². The van der Waals surface area contributed by atoms with Crippen molar-refractivity contribution < 1.29 is 14.6 Å². The van der Waals surface area contributed by atoms with E-state index in [0.29, 0.717) is 11.5 Å². The molecule has 2 atom stereocenters. The fourth-order valence-electron chi connectivity index (χ4n) is 1.63. The Hall–Kier alpha value is -0.970. The van der Waals surface area contributed by atoms with Crippen LogP contribution in [0, 0.1) is 5.92 Å². The smallest absolute Gasteiger partial charge is 0.122 e. The number of methoxy groups -OCH3 is 2. The molecule has 0 bridgehead atoms. The van der Waals surface area contributed by atoms with Crippen LogP contribution in [0.3, 0.4) is 0 Å². The second-order valence-electron chi connectivity index (χ2n) is 4.41. The molecule has 4 nitrogen and oxygen atoms in total. The zero-order valence-corrected chi connectivity index (χ0v) is 12.0. The van der Waals surface area contributed by atoms with Gasteiger partial charge in [-0.3, -0.25) is 0 Å². The zero-order valence-electron chi connectivity index (χ0n) is 11.2. The second-order valence-corrected chi connectivity index (χ2v) is 4.41. The lowest BCUT2D eigenvalue weighted by atomic mass is 9.94. The van der Waals surface area contributed by atoms with Gasteiger partial charge >= 0.3 is 0 Å². The quantitative estimate of drug-likeness (QED) is 0.864. The molecule has 3 N–H and O–H groups in total. The molecule has 1 aromatic rings. The van der Waals surface area contributed by atoms with E-state index >= 15 is 0 Å². The summed E-state index contributed by atoms with van der Waals surface area (Å²) in [6.45, 7) is 3.86. The number of ether oxygens (including phenoxy) is 2. The summed E-state index contributed by atoms with van der Waals surface area (Å²) in [7, 11) is 3.17. The Kier molecular flexibility index (Phi) is 7.06. The Morgan fingerprint density at radius 3 is 1.83 bits per heavy atom. The molecule has 18 heavy (non-hydrogen) atoms. The molecule has 0 fully saturated rings. The van der Waals surface area contributed by atoms with E-state index in [2.05, 4.69) is 0 Å². The van der Waals surface area contributed by atoms with Gasteiger partial charge < -0.3 is 20.3 Å². The normalized spacial score (nSPS) is 13.7. The Balaban J connectivity index is 0.00000289. The van der Waals surface area contributed by atoms with Crippen LogP contribution in [0.15, 0.2) is 18.2 Å². The molecule has 0 aliphatic rings. The molecule has 0 heterocycles. The topological polar surface area (TPSA) is 64.7 Å². The van der Waals surface area contributed by atoms with Crippen LogP contribution >= 0.6 is 12.4 Å². The molecule has 0 aromatic heterocycles. The molecule has 104 valence electrons. The third-order valence-corrected chi connectivity index (χ3v) is 2.81. The highest BCUT2D eigenvalue weighted by molar-refractivity contribution is 5.85. The van der Waals surface area contributed by atoms with Crippen LogP contribution in [0.25, 0.3) is 0 Å². The highest BCUT2D eigenvalue weighted by Crippen LogP contribution is 2.28. The first-order chi connectivity index (χ1) is 7.99. The molecule has 0 aliphatic carbocycles. The van der Waals surface area contributed by atoms with Crippen LogP contribution in [0.5, 0.6) is 11.5 Å². The number of aliphatic hydroxyl groups excluding tert-OH is 1. The number of hydrogen-bond donors (Lipinski definition) is 2. The number of nitrogens with two attached hydrogens (primary N) is 1. The first kappa shape index (κ1) is 17.0. The molecule has 5 heteroatoms. The van der Waals surface area contributed by atoms with Crippen molar-refractivity contribution in [2.45, 2.75) is 26.0 Å². The maximum absolute atomic E-state index is 9.97. The third kappa shape index (κ3) is 4.05. The Morgan fingerprint density at radius 1 is 1.06 bits per heavy atom. The first-order valence-corrected chi connectivity index (χ1v) is 5.66. The average molecular weight is 276 g/mol. The summed E-state index contributed by atoms with van der Waals surface area (Å²) in [5, 5.41) is 9.97. The van der Waals surface area contributed by atoms with Crippen LogP contribution < -0.4 is 15.2 Å². The number of hydrogen-bond acceptors (Lipinski definition) is 4. The Labute approximate surface area is 115 Å². The van der Waals surface area contributed by atoms with Crippen molar-refractivity contribution in [1.29, 1.82) is 0 Å². The maximum atomic E-state index is 9.97. The second kappa shape index (κ2) is 7.46. The van der Waals surface area contributed by atoms with E-state index in [1.165, 1.54) is 0 Å². The third-order valence-electron chi connectivity index (χ3n) is 2.81. The van der Waals surface area contributed by atoms with Gasteiger partial charge in [0.25, 0.3) is 0 Å². The van der Waals surface area contributed by atoms with Gasteiger partial charge in [0.1, 0.15) is 11.5 Å². The summed E-state index contributed by atoms with van der Waals surface area (Å²) >= 11 is 0. The minimum absolute atomic E-state index is 0. The standard InChI is InChI=1S/C13H21NO3.ClH/c1-8(2)13(15)12(14)9-5-10(16-3)7-11(6-9)17-4;/h5-8,12-13,15H,14H2,1-4H3;1H/t12-,13+;/m0./s1. The minimum atomic E-state index is -0.591. The first-order valence-electron chi connectivity index (χ1n) is 5.66. The van der Waals surface area contributed by atoms with Crippen molar-refractivity contribution >= 4 is 12.4 Å². The summed E-state index contributed by atoms with van der Waals surface area (Å²) in [5.41, 5.74) is 6.83. The minimum Gasteiger partial charge on any atom is -0.497 e. The van der Waals surface area contributed by atoms with Gasteiger partial charge in [0.2, 0.25) is 0 Å². The Bertz CT molecular complexity index is 349. The van der Waals surface area contributed by atoms with Crippen molar-refractivity contribution in [1.82, 2.24) is 0 Å². The molecular formula is C13H22ClNO3. The summed E-state index contributed by atoms with van der Waals surface area (Å²) in [4.78, 5) is 0. The summed E-state index contributed by atoms with van der Waals surface area (Å²) in [6.07, 6.45) is -0.591. The van der Waals surface area contributed by atoms with Crippen LogP contribution in [0.4, 0.5) is 0 Å². The molecule has 0 amide bonds. The lowest BCUT2D eigenvalue weighted by Crippen LogP contribution is -2.30. The average Bonchev–Trinajstić information content (AvgIpc) is 2.35. The molecule has 0 spiro atoms. The number of halogens is 1. The molecule has 1 rings (SSSR count). The number of rotatable bonds is 5. The van der Waals surface area contributed by atoms with Gasteiger partial charge in [0.05, 0.1) is 26.4 Å². The molecule has 0 aliphatic heterocycles. The van der Waals surface area contributed by atoms with Gasteiger partial charge in [-0.15, -0.1) is 12.4 Å². The van der Waals surface area contributed by atoms with Gasteiger partial charge in [0.15, 0.2) is 0 Å². The SMILES string of the molecule is COc1cc(OC)cc([C@H](N)[C@H](O)C(C)C)c1.Cl. The lowest BCUT2D eigenvalue weighted by Gasteiger charge is -2.23. The number of benzene rings is 1. The summed E-state index contributed by atoms with van der Waals surface area (Å²) in [6, 6.07) is 4.97. The monoisotopic (exact) mass is 275 g/mol. The van der Waals surface area contributed by atoms with Gasteiger partial charge in [-0.05, 0) is 23.6 Å². The lowest BCUT2D eigenvalue weighted by molar-refractivity contribution is 0.0978. The van der Waals surface area contributed by atoms with E-state index in [4.69, 9.17) is 15.2 Å². The van der Waals surface area contributed by atoms with Gasteiger partial charge in [0, 0.05) is 6.07 Å².